The molecule has 0 radical (unpaired) electrons. The number of aromatic nitrogens is 2. The monoisotopic (exact) mass is 375 g/mol. The minimum Gasteiger partial charge on any atom is -0.466 e. The summed E-state index contributed by atoms with van der Waals surface area (Å²) in [6, 6.07) is 7.39. The first-order chi connectivity index (χ1) is 12.6. The van der Waals surface area contributed by atoms with Crippen LogP contribution in [0, 0.1) is 5.92 Å². The number of halogens is 1. The topological polar surface area (TPSA) is 93.4 Å². The second-order valence-electron chi connectivity index (χ2n) is 6.08. The molecule has 3 N–H and O–H groups in total. The highest BCUT2D eigenvalue weighted by Crippen LogP contribution is 2.33. The standard InChI is InChI=1S/C18H22ClN5O2/c1-2-26-18(25)12-7-9-24(10-8-12)17-15(20)16(21-11-22-17)23-14-6-4-3-5-13(14)19/h3-6,11-12H,2,7-10,20H2,1H3,(H,21,22,23). The van der Waals surface area contributed by atoms with Crippen molar-refractivity contribution in [2.75, 3.05) is 35.6 Å². The van der Waals surface area contributed by atoms with Crippen LogP contribution in [0.2, 0.25) is 5.02 Å². The molecule has 0 unspecified atom stereocenters. The van der Waals surface area contributed by atoms with Gasteiger partial charge in [-0.3, -0.25) is 4.79 Å². The van der Waals surface area contributed by atoms with Crippen LogP contribution in [0.3, 0.4) is 0 Å². The van der Waals surface area contributed by atoms with Crippen molar-refractivity contribution in [1.29, 1.82) is 0 Å². The lowest BCUT2D eigenvalue weighted by atomic mass is 9.97. The van der Waals surface area contributed by atoms with Crippen molar-refractivity contribution in [3.05, 3.63) is 35.6 Å². The summed E-state index contributed by atoms with van der Waals surface area (Å²) in [6.45, 7) is 3.61. The van der Waals surface area contributed by atoms with Crippen molar-refractivity contribution in [3.8, 4) is 0 Å². The van der Waals surface area contributed by atoms with E-state index in [-0.39, 0.29) is 11.9 Å². The van der Waals surface area contributed by atoms with Gasteiger partial charge in [0.1, 0.15) is 12.0 Å². The van der Waals surface area contributed by atoms with E-state index in [2.05, 4.69) is 20.2 Å². The van der Waals surface area contributed by atoms with E-state index in [1.54, 1.807) is 6.07 Å². The Labute approximate surface area is 157 Å². The summed E-state index contributed by atoms with van der Waals surface area (Å²) >= 11 is 6.19. The molecular formula is C18H22ClN5O2. The second kappa shape index (κ2) is 8.23. The molecule has 2 aromatic rings. The number of nitrogens with one attached hydrogen (secondary N) is 1. The Kier molecular flexibility index (Phi) is 5.78. The summed E-state index contributed by atoms with van der Waals surface area (Å²) in [5.74, 6) is 0.992. The fraction of sp³-hybridized carbons (Fsp3) is 0.389. The number of esters is 1. The Morgan fingerprint density at radius 3 is 2.77 bits per heavy atom. The summed E-state index contributed by atoms with van der Waals surface area (Å²) in [5, 5.41) is 3.74. The van der Waals surface area contributed by atoms with Gasteiger partial charge < -0.3 is 20.7 Å². The number of nitrogen functional groups attached to an aromatic ring is 1. The minimum absolute atomic E-state index is 0.0602. The molecule has 1 aliphatic heterocycles. The Hall–Kier alpha value is -2.54. The van der Waals surface area contributed by atoms with Gasteiger partial charge in [-0.05, 0) is 31.9 Å². The molecule has 1 aromatic heterocycles. The highest BCUT2D eigenvalue weighted by Gasteiger charge is 2.28. The van der Waals surface area contributed by atoms with E-state index in [1.165, 1.54) is 6.33 Å². The van der Waals surface area contributed by atoms with Crippen LogP contribution >= 0.6 is 11.6 Å². The number of benzene rings is 1. The molecule has 3 rings (SSSR count). The first kappa shape index (κ1) is 18.3. The number of hydrogen-bond acceptors (Lipinski definition) is 7. The number of hydrogen-bond donors (Lipinski definition) is 2. The zero-order chi connectivity index (χ0) is 18.5. The van der Waals surface area contributed by atoms with E-state index < -0.39 is 0 Å². The zero-order valence-corrected chi connectivity index (χ0v) is 15.4. The lowest BCUT2D eigenvalue weighted by molar-refractivity contribution is -0.148. The molecule has 0 amide bonds. The van der Waals surface area contributed by atoms with Crippen LogP contribution in [0.5, 0.6) is 0 Å². The number of ether oxygens (including phenoxy) is 1. The molecule has 7 nitrogen and oxygen atoms in total. The number of nitrogens with zero attached hydrogens (tertiary/aromatic N) is 3. The Bertz CT molecular complexity index is 778. The van der Waals surface area contributed by atoms with Crippen LogP contribution < -0.4 is 16.0 Å². The summed E-state index contributed by atoms with van der Waals surface area (Å²) < 4.78 is 5.11. The summed E-state index contributed by atoms with van der Waals surface area (Å²) in [5.41, 5.74) is 7.48. The predicted octanol–water partition coefficient (Wildman–Crippen LogP) is 3.24. The van der Waals surface area contributed by atoms with Gasteiger partial charge in [-0.2, -0.15) is 0 Å². The third-order valence-corrected chi connectivity index (χ3v) is 4.73. The Morgan fingerprint density at radius 1 is 1.35 bits per heavy atom. The lowest BCUT2D eigenvalue weighted by Gasteiger charge is -2.32. The van der Waals surface area contributed by atoms with Crippen molar-refractivity contribution in [2.45, 2.75) is 19.8 Å². The fourth-order valence-electron chi connectivity index (χ4n) is 3.02. The maximum absolute atomic E-state index is 11.9. The molecule has 0 atom stereocenters. The van der Waals surface area contributed by atoms with E-state index in [1.807, 2.05) is 25.1 Å². The van der Waals surface area contributed by atoms with Crippen molar-refractivity contribution in [1.82, 2.24) is 9.97 Å². The molecule has 0 saturated carbocycles. The molecule has 138 valence electrons. The Morgan fingerprint density at radius 2 is 2.08 bits per heavy atom. The second-order valence-corrected chi connectivity index (χ2v) is 6.48. The van der Waals surface area contributed by atoms with Crippen molar-refractivity contribution >= 4 is 40.6 Å². The molecule has 0 aliphatic carbocycles. The van der Waals surface area contributed by atoms with E-state index in [0.717, 1.165) is 18.5 Å². The van der Waals surface area contributed by atoms with Crippen LogP contribution in [0.4, 0.5) is 23.0 Å². The van der Waals surface area contributed by atoms with Gasteiger partial charge >= 0.3 is 5.97 Å². The van der Waals surface area contributed by atoms with E-state index in [9.17, 15) is 4.79 Å². The SMILES string of the molecule is CCOC(=O)C1CCN(c2ncnc(Nc3ccccc3Cl)c2N)CC1. The van der Waals surface area contributed by atoms with Gasteiger partial charge in [0.2, 0.25) is 0 Å². The molecule has 1 aliphatic rings. The van der Waals surface area contributed by atoms with Crippen LogP contribution in [0.15, 0.2) is 30.6 Å². The average molecular weight is 376 g/mol. The third-order valence-electron chi connectivity index (χ3n) is 4.40. The molecule has 0 bridgehead atoms. The van der Waals surface area contributed by atoms with Gasteiger partial charge in [0.25, 0.3) is 0 Å². The zero-order valence-electron chi connectivity index (χ0n) is 14.6. The third kappa shape index (κ3) is 3.99. The van der Waals surface area contributed by atoms with E-state index in [4.69, 9.17) is 22.1 Å². The Balaban J connectivity index is 1.72. The number of carbonyl (C=O) groups excluding carboxylic acids is 1. The molecule has 0 spiro atoms. The van der Waals surface area contributed by atoms with Crippen molar-refractivity contribution in [3.63, 3.8) is 0 Å². The number of nitrogens with two attached hydrogens (primary N) is 1. The first-order valence-corrected chi connectivity index (χ1v) is 9.01. The van der Waals surface area contributed by atoms with Gasteiger partial charge in [-0.15, -0.1) is 0 Å². The number of carbonyl (C=O) groups is 1. The molecule has 2 heterocycles. The lowest BCUT2D eigenvalue weighted by Crippen LogP contribution is -2.37. The molecular weight excluding hydrogens is 354 g/mol. The summed E-state index contributed by atoms with van der Waals surface area (Å²) in [7, 11) is 0. The van der Waals surface area contributed by atoms with Gasteiger partial charge in [0.15, 0.2) is 11.6 Å². The smallest absolute Gasteiger partial charge is 0.309 e. The highest BCUT2D eigenvalue weighted by molar-refractivity contribution is 6.33. The van der Waals surface area contributed by atoms with Crippen LogP contribution in [0.1, 0.15) is 19.8 Å². The number of para-hydroxylation sites is 1. The van der Waals surface area contributed by atoms with Gasteiger partial charge in [0.05, 0.1) is 23.2 Å². The maximum Gasteiger partial charge on any atom is 0.309 e. The quantitative estimate of drug-likeness (QED) is 0.775. The minimum atomic E-state index is -0.121. The van der Waals surface area contributed by atoms with E-state index in [0.29, 0.717) is 42.0 Å². The van der Waals surface area contributed by atoms with E-state index >= 15 is 0 Å². The van der Waals surface area contributed by atoms with Crippen molar-refractivity contribution < 1.29 is 9.53 Å². The molecule has 1 saturated heterocycles. The van der Waals surface area contributed by atoms with Crippen LogP contribution in [-0.4, -0.2) is 35.6 Å². The number of rotatable bonds is 5. The highest BCUT2D eigenvalue weighted by atomic mass is 35.5. The largest absolute Gasteiger partial charge is 0.466 e. The summed E-state index contributed by atoms with van der Waals surface area (Å²) in [6.07, 6.45) is 2.91. The fourth-order valence-corrected chi connectivity index (χ4v) is 3.20. The molecule has 1 fully saturated rings. The number of anilines is 4. The molecule has 26 heavy (non-hydrogen) atoms. The normalized spacial score (nSPS) is 14.9. The van der Waals surface area contributed by atoms with Gasteiger partial charge in [-0.1, -0.05) is 23.7 Å². The summed E-state index contributed by atoms with van der Waals surface area (Å²) in [4.78, 5) is 22.5. The van der Waals surface area contributed by atoms with Gasteiger partial charge in [0, 0.05) is 13.1 Å². The molecule has 8 heteroatoms. The van der Waals surface area contributed by atoms with Crippen LogP contribution in [0.25, 0.3) is 0 Å². The van der Waals surface area contributed by atoms with Gasteiger partial charge in [-0.25, -0.2) is 9.97 Å². The van der Waals surface area contributed by atoms with Crippen molar-refractivity contribution in [2.24, 2.45) is 5.92 Å². The maximum atomic E-state index is 11.9. The molecule has 1 aromatic carbocycles. The average Bonchev–Trinajstić information content (AvgIpc) is 2.65. The van der Waals surface area contributed by atoms with Crippen LogP contribution in [-0.2, 0) is 9.53 Å². The number of piperidine rings is 1. The predicted molar refractivity (Wildman–Crippen MR) is 103 cm³/mol. The first-order valence-electron chi connectivity index (χ1n) is 8.63.